The molecule has 0 aliphatic heterocycles. The van der Waals surface area contributed by atoms with E-state index in [4.69, 9.17) is 11.6 Å². The van der Waals surface area contributed by atoms with Gasteiger partial charge in [0.2, 0.25) is 0 Å². The highest BCUT2D eigenvalue weighted by atomic mass is 35.5. The number of halogens is 4. The zero-order valence-corrected chi connectivity index (χ0v) is 6.02. The molecule has 0 amide bonds. The summed E-state index contributed by atoms with van der Waals surface area (Å²) in [6, 6.07) is 0.863. The Hall–Kier alpha value is -0.705. The summed E-state index contributed by atoms with van der Waals surface area (Å²) in [5.74, 6) is 0. The van der Waals surface area contributed by atoms with E-state index in [1.807, 2.05) is 0 Å². The monoisotopic (exact) mass is 180 g/mol. The zero-order valence-electron chi connectivity index (χ0n) is 5.27. The van der Waals surface area contributed by atoms with Gasteiger partial charge in [-0.25, -0.2) is 0 Å². The Balaban J connectivity index is 3.14. The summed E-state index contributed by atoms with van der Waals surface area (Å²) in [5.41, 5.74) is -0.790. The molecule has 0 atom stereocenters. The molecule has 0 aliphatic carbocycles. The van der Waals surface area contributed by atoms with Crippen LogP contribution in [0.2, 0.25) is 5.02 Å². The van der Waals surface area contributed by atoms with E-state index < -0.39 is 12.4 Å². The van der Waals surface area contributed by atoms with Crippen molar-refractivity contribution < 1.29 is 12.9 Å². The van der Waals surface area contributed by atoms with Crippen LogP contribution in [0.4, 0.5) is 12.9 Å². The van der Waals surface area contributed by atoms with Crippen LogP contribution < -0.4 is 5.46 Å². The molecule has 1 aromatic rings. The first-order chi connectivity index (χ1) is 5.02. The maximum Gasteiger partial charge on any atom is 0.511 e. The summed E-state index contributed by atoms with van der Waals surface area (Å²) in [6.07, 6.45) is 2.04. The first kappa shape index (κ1) is 8.39. The fourth-order valence-electron chi connectivity index (χ4n) is 0.651. The maximum atomic E-state index is 12.0. The van der Waals surface area contributed by atoms with Crippen molar-refractivity contribution in [2.24, 2.45) is 0 Å². The first-order valence-electron chi connectivity index (χ1n) is 2.81. The number of hydrogen-bond acceptors (Lipinski definition) is 1. The lowest BCUT2D eigenvalue weighted by molar-refractivity contribution is 0.501. The summed E-state index contributed by atoms with van der Waals surface area (Å²) in [6.45, 7) is -5.00. The lowest BCUT2D eigenvalue weighted by atomic mass is 9.81. The predicted octanol–water partition coefficient (Wildman–Crippen LogP) is 1.79. The first-order valence-corrected chi connectivity index (χ1v) is 3.19. The molecule has 0 unspecified atom stereocenters. The summed E-state index contributed by atoms with van der Waals surface area (Å²) >= 11 is 5.24. The van der Waals surface area contributed by atoms with Gasteiger partial charge in [0.15, 0.2) is 0 Å². The van der Waals surface area contributed by atoms with Crippen LogP contribution in [-0.4, -0.2) is 12.0 Å². The number of rotatable bonds is 1. The van der Waals surface area contributed by atoms with Gasteiger partial charge in [-0.2, -0.15) is 0 Å². The average molecular weight is 180 g/mol. The van der Waals surface area contributed by atoms with E-state index in [1.165, 1.54) is 0 Å². The van der Waals surface area contributed by atoms with Crippen LogP contribution >= 0.6 is 11.6 Å². The van der Waals surface area contributed by atoms with Crippen molar-refractivity contribution >= 4 is 24.0 Å². The molecule has 0 radical (unpaired) electrons. The molecule has 0 fully saturated rings. The number of nitrogens with zero attached hydrogens (tertiary/aromatic N) is 1. The highest BCUT2D eigenvalue weighted by Gasteiger charge is 2.27. The van der Waals surface area contributed by atoms with Crippen molar-refractivity contribution in [3.63, 3.8) is 0 Å². The summed E-state index contributed by atoms with van der Waals surface area (Å²) in [5, 5.41) is -0.347. The van der Waals surface area contributed by atoms with Crippen molar-refractivity contribution in [2.75, 3.05) is 0 Å². The molecular formula is C5H3BClF3N-. The van der Waals surface area contributed by atoms with Crippen LogP contribution in [0.5, 0.6) is 0 Å². The fraction of sp³-hybridized carbons (Fsp3) is 0. The number of pyridine rings is 1. The normalized spacial score (nSPS) is 11.6. The van der Waals surface area contributed by atoms with Gasteiger partial charge in [0.05, 0.1) is 0 Å². The van der Waals surface area contributed by atoms with Gasteiger partial charge in [0, 0.05) is 17.4 Å². The summed E-state index contributed by atoms with van der Waals surface area (Å²) in [7, 11) is 0. The van der Waals surface area contributed by atoms with Gasteiger partial charge >= 0.3 is 6.98 Å². The number of hydrogen-bond donors (Lipinski definition) is 0. The SMILES string of the molecule is F[B-](F)(F)c1ccncc1Cl. The Kier molecular flexibility index (Phi) is 2.09. The van der Waals surface area contributed by atoms with Crippen LogP contribution in [0.15, 0.2) is 18.5 Å². The minimum Gasteiger partial charge on any atom is -0.445 e. The lowest BCUT2D eigenvalue weighted by Gasteiger charge is -2.15. The van der Waals surface area contributed by atoms with Crippen molar-refractivity contribution in [3.05, 3.63) is 23.5 Å². The molecular weight excluding hydrogens is 177 g/mol. The topological polar surface area (TPSA) is 12.9 Å². The van der Waals surface area contributed by atoms with E-state index in [9.17, 15) is 12.9 Å². The highest BCUT2D eigenvalue weighted by molar-refractivity contribution is 6.75. The molecule has 0 aliphatic rings. The second-order valence-corrected chi connectivity index (χ2v) is 2.38. The molecule has 0 aromatic carbocycles. The summed E-state index contributed by atoms with van der Waals surface area (Å²) in [4.78, 5) is 3.44. The molecule has 0 saturated carbocycles. The Morgan fingerprint density at radius 2 is 2.00 bits per heavy atom. The van der Waals surface area contributed by atoms with E-state index in [1.54, 1.807) is 0 Å². The second kappa shape index (κ2) is 2.73. The van der Waals surface area contributed by atoms with Gasteiger partial charge in [-0.3, -0.25) is 4.98 Å². The van der Waals surface area contributed by atoms with Gasteiger partial charge in [-0.1, -0.05) is 23.1 Å². The van der Waals surface area contributed by atoms with Crippen LogP contribution in [0.3, 0.4) is 0 Å². The Morgan fingerprint density at radius 1 is 1.36 bits per heavy atom. The van der Waals surface area contributed by atoms with Crippen molar-refractivity contribution in [3.8, 4) is 0 Å². The van der Waals surface area contributed by atoms with Crippen LogP contribution in [0, 0.1) is 0 Å². The standard InChI is InChI=1S/C5H3BClF3N/c7-5-3-11-2-1-4(5)6(8,9)10/h1-3H/q-1. The minimum atomic E-state index is -5.00. The molecule has 1 aromatic heterocycles. The van der Waals surface area contributed by atoms with Crippen molar-refractivity contribution in [1.29, 1.82) is 0 Å². The molecule has 11 heavy (non-hydrogen) atoms. The summed E-state index contributed by atoms with van der Waals surface area (Å²) < 4.78 is 36.0. The Labute approximate surface area is 66.3 Å². The van der Waals surface area contributed by atoms with Gasteiger partial charge in [0.25, 0.3) is 0 Å². The largest absolute Gasteiger partial charge is 0.511 e. The molecule has 0 saturated heterocycles. The average Bonchev–Trinajstić information content (AvgIpc) is 1.86. The van der Waals surface area contributed by atoms with Gasteiger partial charge in [-0.05, 0) is 0 Å². The van der Waals surface area contributed by atoms with Gasteiger partial charge in [-0.15, -0.1) is 0 Å². The molecule has 0 N–H and O–H groups in total. The number of aromatic nitrogens is 1. The third-order valence-corrected chi connectivity index (χ3v) is 1.47. The van der Waals surface area contributed by atoms with Gasteiger partial charge < -0.3 is 12.9 Å². The van der Waals surface area contributed by atoms with Crippen molar-refractivity contribution in [1.82, 2.24) is 4.98 Å². The van der Waals surface area contributed by atoms with Crippen molar-refractivity contribution in [2.45, 2.75) is 0 Å². The molecule has 60 valence electrons. The van der Waals surface area contributed by atoms with E-state index >= 15 is 0 Å². The molecule has 0 bridgehead atoms. The Morgan fingerprint density at radius 3 is 2.36 bits per heavy atom. The van der Waals surface area contributed by atoms with E-state index in [2.05, 4.69) is 4.98 Å². The second-order valence-electron chi connectivity index (χ2n) is 1.97. The molecule has 1 rings (SSSR count). The molecule has 1 heterocycles. The highest BCUT2D eigenvalue weighted by Crippen LogP contribution is 2.14. The van der Waals surface area contributed by atoms with Crippen LogP contribution in [-0.2, 0) is 0 Å². The maximum absolute atomic E-state index is 12.0. The molecule has 0 spiro atoms. The zero-order chi connectivity index (χ0) is 8.48. The van der Waals surface area contributed by atoms with E-state index in [0.29, 0.717) is 0 Å². The van der Waals surface area contributed by atoms with Gasteiger partial charge in [0.1, 0.15) is 0 Å². The lowest BCUT2D eigenvalue weighted by Crippen LogP contribution is -2.34. The molecule has 6 heteroatoms. The predicted molar refractivity (Wildman–Crippen MR) is 38.0 cm³/mol. The Bertz CT molecular complexity index is 262. The molecule has 1 nitrogen and oxygen atoms in total. The third kappa shape index (κ3) is 1.86. The van der Waals surface area contributed by atoms with Crippen LogP contribution in [0.25, 0.3) is 0 Å². The van der Waals surface area contributed by atoms with E-state index in [-0.39, 0.29) is 5.02 Å². The van der Waals surface area contributed by atoms with Crippen LogP contribution in [0.1, 0.15) is 0 Å². The smallest absolute Gasteiger partial charge is 0.445 e. The quantitative estimate of drug-likeness (QED) is 0.600. The fourth-order valence-corrected chi connectivity index (χ4v) is 0.894. The third-order valence-electron chi connectivity index (χ3n) is 1.16. The minimum absolute atomic E-state index is 0.347. The van der Waals surface area contributed by atoms with E-state index in [0.717, 1.165) is 18.5 Å².